The molecule has 0 radical (unpaired) electrons. The standard InChI is InChI=1S/C15H13FN2O/c1-11-6-2-4-8-13(11)15(19)18-17-10-12-7-3-5-9-14(12)16/h2-10H,1H3,(H,18,19). The Morgan fingerprint density at radius 1 is 1.16 bits per heavy atom. The average molecular weight is 256 g/mol. The Hall–Kier alpha value is -2.49. The molecular formula is C15H13FN2O. The molecule has 0 saturated heterocycles. The number of carbonyl (C=O) groups is 1. The Bertz CT molecular complexity index is 623. The molecule has 0 saturated carbocycles. The highest BCUT2D eigenvalue weighted by molar-refractivity contribution is 5.96. The van der Waals surface area contributed by atoms with Crippen LogP contribution in [0.2, 0.25) is 0 Å². The zero-order valence-electron chi connectivity index (χ0n) is 10.4. The quantitative estimate of drug-likeness (QED) is 0.665. The Labute approximate surface area is 110 Å². The van der Waals surface area contributed by atoms with Crippen LogP contribution >= 0.6 is 0 Å². The molecular weight excluding hydrogens is 243 g/mol. The molecule has 3 nitrogen and oxygen atoms in total. The molecule has 0 aromatic heterocycles. The van der Waals surface area contributed by atoms with Gasteiger partial charge in [-0.05, 0) is 24.6 Å². The van der Waals surface area contributed by atoms with Gasteiger partial charge in [-0.25, -0.2) is 9.82 Å². The van der Waals surface area contributed by atoms with Gasteiger partial charge in [-0.1, -0.05) is 36.4 Å². The number of benzene rings is 2. The largest absolute Gasteiger partial charge is 0.271 e. The summed E-state index contributed by atoms with van der Waals surface area (Å²) in [7, 11) is 0. The van der Waals surface area contributed by atoms with E-state index in [2.05, 4.69) is 10.5 Å². The number of hydrogen-bond donors (Lipinski definition) is 1. The fourth-order valence-electron chi connectivity index (χ4n) is 1.63. The van der Waals surface area contributed by atoms with Crippen LogP contribution < -0.4 is 5.43 Å². The summed E-state index contributed by atoms with van der Waals surface area (Å²) in [4.78, 5) is 11.8. The Kier molecular flexibility index (Phi) is 4.03. The molecule has 0 bridgehead atoms. The first-order valence-electron chi connectivity index (χ1n) is 5.82. The molecule has 0 aliphatic carbocycles. The summed E-state index contributed by atoms with van der Waals surface area (Å²) >= 11 is 0. The third kappa shape index (κ3) is 3.25. The van der Waals surface area contributed by atoms with E-state index >= 15 is 0 Å². The van der Waals surface area contributed by atoms with Crippen molar-refractivity contribution in [3.8, 4) is 0 Å². The molecule has 2 aromatic carbocycles. The molecule has 19 heavy (non-hydrogen) atoms. The van der Waals surface area contributed by atoms with Crippen LogP contribution in [0.25, 0.3) is 0 Å². The van der Waals surface area contributed by atoms with Crippen LogP contribution in [0.3, 0.4) is 0 Å². The number of rotatable bonds is 3. The van der Waals surface area contributed by atoms with Gasteiger partial charge >= 0.3 is 0 Å². The van der Waals surface area contributed by atoms with Gasteiger partial charge in [-0.2, -0.15) is 5.10 Å². The van der Waals surface area contributed by atoms with Crippen molar-refractivity contribution >= 4 is 12.1 Å². The van der Waals surface area contributed by atoms with Crippen LogP contribution in [0.4, 0.5) is 4.39 Å². The number of nitrogens with zero attached hydrogens (tertiary/aromatic N) is 1. The normalized spacial score (nSPS) is 10.6. The Morgan fingerprint density at radius 3 is 2.58 bits per heavy atom. The van der Waals surface area contributed by atoms with Crippen molar-refractivity contribution in [3.63, 3.8) is 0 Å². The summed E-state index contributed by atoms with van der Waals surface area (Å²) in [6, 6.07) is 13.4. The van der Waals surface area contributed by atoms with Crippen molar-refractivity contribution < 1.29 is 9.18 Å². The molecule has 4 heteroatoms. The molecule has 96 valence electrons. The van der Waals surface area contributed by atoms with E-state index in [9.17, 15) is 9.18 Å². The first kappa shape index (κ1) is 13.0. The zero-order valence-corrected chi connectivity index (χ0v) is 10.4. The minimum atomic E-state index is -0.378. The van der Waals surface area contributed by atoms with E-state index in [1.54, 1.807) is 30.3 Å². The predicted molar refractivity (Wildman–Crippen MR) is 72.6 cm³/mol. The number of aryl methyl sites for hydroxylation is 1. The fraction of sp³-hybridized carbons (Fsp3) is 0.0667. The second-order valence-electron chi connectivity index (χ2n) is 4.04. The number of amides is 1. The summed E-state index contributed by atoms with van der Waals surface area (Å²) in [6.07, 6.45) is 1.28. The molecule has 0 unspecified atom stereocenters. The lowest BCUT2D eigenvalue weighted by Crippen LogP contribution is -2.18. The maximum atomic E-state index is 13.3. The lowest BCUT2D eigenvalue weighted by atomic mass is 10.1. The van der Waals surface area contributed by atoms with E-state index in [1.807, 2.05) is 19.1 Å². The van der Waals surface area contributed by atoms with Crippen LogP contribution in [0.15, 0.2) is 53.6 Å². The van der Waals surface area contributed by atoms with Crippen LogP contribution in [0.1, 0.15) is 21.5 Å². The SMILES string of the molecule is Cc1ccccc1C(=O)NN=Cc1ccccc1F. The molecule has 0 fully saturated rings. The lowest BCUT2D eigenvalue weighted by molar-refractivity contribution is 0.0954. The molecule has 2 aromatic rings. The number of carbonyl (C=O) groups excluding carboxylic acids is 1. The first-order chi connectivity index (χ1) is 9.18. The van der Waals surface area contributed by atoms with Crippen LogP contribution in [-0.2, 0) is 0 Å². The van der Waals surface area contributed by atoms with Gasteiger partial charge < -0.3 is 0 Å². The monoisotopic (exact) mass is 256 g/mol. The van der Waals surface area contributed by atoms with Gasteiger partial charge in [0.25, 0.3) is 5.91 Å². The summed E-state index contributed by atoms with van der Waals surface area (Å²) in [5, 5.41) is 3.76. The molecule has 0 atom stereocenters. The van der Waals surface area contributed by atoms with Crippen molar-refractivity contribution in [1.29, 1.82) is 0 Å². The lowest BCUT2D eigenvalue weighted by Gasteiger charge is -2.03. The van der Waals surface area contributed by atoms with E-state index in [0.717, 1.165) is 5.56 Å². The van der Waals surface area contributed by atoms with Gasteiger partial charge in [0.1, 0.15) is 5.82 Å². The third-order valence-corrected chi connectivity index (χ3v) is 2.66. The number of hydrogen-bond acceptors (Lipinski definition) is 2. The van der Waals surface area contributed by atoms with E-state index in [0.29, 0.717) is 11.1 Å². The predicted octanol–water partition coefficient (Wildman–Crippen LogP) is 2.90. The van der Waals surface area contributed by atoms with Crippen molar-refractivity contribution in [2.45, 2.75) is 6.92 Å². The summed E-state index contributed by atoms with van der Waals surface area (Å²) in [6.45, 7) is 1.84. The van der Waals surface area contributed by atoms with E-state index in [4.69, 9.17) is 0 Å². The van der Waals surface area contributed by atoms with E-state index in [-0.39, 0.29) is 11.7 Å². The van der Waals surface area contributed by atoms with Crippen molar-refractivity contribution in [3.05, 3.63) is 71.0 Å². The third-order valence-electron chi connectivity index (χ3n) is 2.66. The van der Waals surface area contributed by atoms with Gasteiger partial charge in [0, 0.05) is 11.1 Å². The highest BCUT2D eigenvalue weighted by Crippen LogP contribution is 2.06. The number of hydrazone groups is 1. The zero-order chi connectivity index (χ0) is 13.7. The first-order valence-corrected chi connectivity index (χ1v) is 5.82. The van der Waals surface area contributed by atoms with Crippen molar-refractivity contribution in [1.82, 2.24) is 5.43 Å². The van der Waals surface area contributed by atoms with Gasteiger partial charge in [-0.3, -0.25) is 4.79 Å². The average Bonchev–Trinajstić information content (AvgIpc) is 2.41. The highest BCUT2D eigenvalue weighted by Gasteiger charge is 2.06. The van der Waals surface area contributed by atoms with Gasteiger partial charge in [0.05, 0.1) is 6.21 Å². The number of halogens is 1. The summed E-state index contributed by atoms with van der Waals surface area (Å²) < 4.78 is 13.3. The minimum Gasteiger partial charge on any atom is -0.267 e. The van der Waals surface area contributed by atoms with E-state index < -0.39 is 0 Å². The molecule has 1 amide bonds. The number of nitrogens with one attached hydrogen (secondary N) is 1. The maximum Gasteiger partial charge on any atom is 0.271 e. The maximum absolute atomic E-state index is 13.3. The highest BCUT2D eigenvalue weighted by atomic mass is 19.1. The van der Waals surface area contributed by atoms with Gasteiger partial charge in [0.15, 0.2) is 0 Å². The second-order valence-corrected chi connectivity index (χ2v) is 4.04. The van der Waals surface area contributed by atoms with Crippen molar-refractivity contribution in [2.75, 3.05) is 0 Å². The Morgan fingerprint density at radius 2 is 1.84 bits per heavy atom. The van der Waals surface area contributed by atoms with Gasteiger partial charge in [0.2, 0.25) is 0 Å². The van der Waals surface area contributed by atoms with E-state index in [1.165, 1.54) is 12.3 Å². The molecule has 0 aliphatic rings. The smallest absolute Gasteiger partial charge is 0.267 e. The van der Waals surface area contributed by atoms with Gasteiger partial charge in [-0.15, -0.1) is 0 Å². The Balaban J connectivity index is 2.06. The summed E-state index contributed by atoms with van der Waals surface area (Å²) in [5.74, 6) is -0.693. The molecule has 0 aliphatic heterocycles. The van der Waals surface area contributed by atoms with Crippen LogP contribution in [0, 0.1) is 12.7 Å². The fourth-order valence-corrected chi connectivity index (χ4v) is 1.63. The molecule has 0 spiro atoms. The topological polar surface area (TPSA) is 41.5 Å². The van der Waals surface area contributed by atoms with Crippen LogP contribution in [0.5, 0.6) is 0 Å². The second kappa shape index (κ2) is 5.91. The van der Waals surface area contributed by atoms with Crippen molar-refractivity contribution in [2.24, 2.45) is 5.10 Å². The molecule has 2 rings (SSSR count). The summed E-state index contributed by atoms with van der Waals surface area (Å²) in [5.41, 5.74) is 4.12. The molecule has 1 N–H and O–H groups in total. The van der Waals surface area contributed by atoms with Crippen LogP contribution in [-0.4, -0.2) is 12.1 Å². The minimum absolute atomic E-state index is 0.314. The molecule has 0 heterocycles.